The normalized spacial score (nSPS) is 10.6. The summed E-state index contributed by atoms with van der Waals surface area (Å²) in [5, 5.41) is 21.5. The molecular weight excluding hydrogens is 320 g/mol. The zero-order chi connectivity index (χ0) is 17.6. The number of anilines is 2. The minimum Gasteiger partial charge on any atom is -0.306 e. The fraction of sp³-hybridized carbons (Fsp3) is 0.312. The van der Waals surface area contributed by atoms with Crippen LogP contribution < -0.4 is 10.6 Å². The zero-order valence-electron chi connectivity index (χ0n) is 14.2. The van der Waals surface area contributed by atoms with E-state index in [1.54, 1.807) is 27.8 Å². The number of rotatable bonds is 6. The molecule has 2 amide bonds. The van der Waals surface area contributed by atoms with Gasteiger partial charge in [-0.1, -0.05) is 26.0 Å². The molecular formula is C16H20N8O. The summed E-state index contributed by atoms with van der Waals surface area (Å²) in [6, 6.07) is 7.01. The van der Waals surface area contributed by atoms with Gasteiger partial charge in [0.25, 0.3) is 0 Å². The molecule has 0 saturated heterocycles. The standard InChI is InChI=1S/C16H20N8O/c1-3-9-23-11-12(10-17-23)18-16(25)19-13-7-5-6-8-14(13)24-15(4-2)20-21-22-24/h5-8,10-11H,3-4,9H2,1-2H3,(H2,18,19,25). The summed E-state index contributed by atoms with van der Waals surface area (Å²) < 4.78 is 3.41. The van der Waals surface area contributed by atoms with Crippen molar-refractivity contribution in [1.29, 1.82) is 0 Å². The molecule has 0 fully saturated rings. The lowest BCUT2D eigenvalue weighted by Crippen LogP contribution is -2.20. The lowest BCUT2D eigenvalue weighted by Gasteiger charge is -2.11. The van der Waals surface area contributed by atoms with Crippen LogP contribution in [-0.4, -0.2) is 36.0 Å². The summed E-state index contributed by atoms with van der Waals surface area (Å²) in [7, 11) is 0. The molecule has 0 atom stereocenters. The summed E-state index contributed by atoms with van der Waals surface area (Å²) in [6.45, 7) is 4.85. The molecule has 25 heavy (non-hydrogen) atoms. The van der Waals surface area contributed by atoms with Crippen LogP contribution in [0.5, 0.6) is 0 Å². The van der Waals surface area contributed by atoms with Crippen molar-refractivity contribution in [2.75, 3.05) is 10.6 Å². The number of nitrogens with zero attached hydrogens (tertiary/aromatic N) is 6. The SMILES string of the molecule is CCCn1cc(NC(=O)Nc2ccccc2-n2nnnc2CC)cn1. The van der Waals surface area contributed by atoms with Crippen LogP contribution in [0.15, 0.2) is 36.7 Å². The Bertz CT molecular complexity index is 853. The molecule has 0 unspecified atom stereocenters. The van der Waals surface area contributed by atoms with Gasteiger partial charge in [-0.2, -0.15) is 9.78 Å². The Morgan fingerprint density at radius 2 is 2.04 bits per heavy atom. The van der Waals surface area contributed by atoms with Crippen molar-refractivity contribution in [3.63, 3.8) is 0 Å². The van der Waals surface area contributed by atoms with Gasteiger partial charge in [0.05, 0.1) is 23.3 Å². The number of nitrogens with one attached hydrogen (secondary N) is 2. The Kier molecular flexibility index (Phi) is 5.03. The van der Waals surface area contributed by atoms with Gasteiger partial charge in [0, 0.05) is 19.2 Å². The summed E-state index contributed by atoms with van der Waals surface area (Å²) >= 11 is 0. The van der Waals surface area contributed by atoms with Crippen LogP contribution in [0, 0.1) is 0 Å². The largest absolute Gasteiger partial charge is 0.323 e. The van der Waals surface area contributed by atoms with Crippen LogP contribution in [0.1, 0.15) is 26.1 Å². The van der Waals surface area contributed by atoms with E-state index in [4.69, 9.17) is 0 Å². The summed E-state index contributed by atoms with van der Waals surface area (Å²) in [5.41, 5.74) is 1.96. The van der Waals surface area contributed by atoms with E-state index in [0.29, 0.717) is 23.5 Å². The molecule has 2 heterocycles. The second-order valence-corrected chi connectivity index (χ2v) is 5.45. The van der Waals surface area contributed by atoms with Crippen molar-refractivity contribution in [2.24, 2.45) is 0 Å². The molecule has 130 valence electrons. The van der Waals surface area contributed by atoms with E-state index in [2.05, 4.69) is 38.2 Å². The van der Waals surface area contributed by atoms with Crippen molar-refractivity contribution < 1.29 is 4.79 Å². The molecule has 2 aromatic heterocycles. The van der Waals surface area contributed by atoms with Crippen LogP contribution in [0.3, 0.4) is 0 Å². The average molecular weight is 340 g/mol. The van der Waals surface area contributed by atoms with E-state index in [0.717, 1.165) is 18.8 Å². The predicted molar refractivity (Wildman–Crippen MR) is 93.7 cm³/mol. The van der Waals surface area contributed by atoms with Crippen molar-refractivity contribution in [2.45, 2.75) is 33.2 Å². The second-order valence-electron chi connectivity index (χ2n) is 5.45. The minimum absolute atomic E-state index is 0.352. The Hall–Kier alpha value is -3.23. The zero-order valence-corrected chi connectivity index (χ0v) is 14.2. The fourth-order valence-electron chi connectivity index (χ4n) is 2.44. The first-order valence-corrected chi connectivity index (χ1v) is 8.18. The molecule has 0 aliphatic carbocycles. The second kappa shape index (κ2) is 7.56. The highest BCUT2D eigenvalue weighted by Gasteiger charge is 2.13. The summed E-state index contributed by atoms with van der Waals surface area (Å²) in [4.78, 5) is 12.3. The van der Waals surface area contributed by atoms with Crippen molar-refractivity contribution in [1.82, 2.24) is 30.0 Å². The molecule has 2 N–H and O–H groups in total. The predicted octanol–water partition coefficient (Wildman–Crippen LogP) is 2.48. The van der Waals surface area contributed by atoms with Gasteiger partial charge in [-0.3, -0.25) is 4.68 Å². The quantitative estimate of drug-likeness (QED) is 0.717. The van der Waals surface area contributed by atoms with Gasteiger partial charge in [0.15, 0.2) is 5.82 Å². The monoisotopic (exact) mass is 340 g/mol. The summed E-state index contributed by atoms with van der Waals surface area (Å²) in [6.07, 6.45) is 5.08. The Morgan fingerprint density at radius 3 is 2.84 bits per heavy atom. The van der Waals surface area contributed by atoms with Gasteiger partial charge in [0.2, 0.25) is 0 Å². The maximum atomic E-state index is 12.3. The van der Waals surface area contributed by atoms with Gasteiger partial charge < -0.3 is 10.6 Å². The van der Waals surface area contributed by atoms with Gasteiger partial charge in [0.1, 0.15) is 0 Å². The Balaban J connectivity index is 1.75. The first-order valence-electron chi connectivity index (χ1n) is 8.18. The highest BCUT2D eigenvalue weighted by atomic mass is 16.2. The van der Waals surface area contributed by atoms with Crippen LogP contribution in [-0.2, 0) is 13.0 Å². The molecule has 3 aromatic rings. The third kappa shape index (κ3) is 3.82. The van der Waals surface area contributed by atoms with Gasteiger partial charge in [-0.15, -0.1) is 5.10 Å². The van der Waals surface area contributed by atoms with E-state index < -0.39 is 0 Å². The van der Waals surface area contributed by atoms with Gasteiger partial charge in [-0.05, 0) is 29.0 Å². The van der Waals surface area contributed by atoms with Crippen LogP contribution in [0.25, 0.3) is 5.69 Å². The number of hydrogen-bond donors (Lipinski definition) is 2. The number of amides is 2. The maximum absolute atomic E-state index is 12.3. The molecule has 1 aromatic carbocycles. The molecule has 0 bridgehead atoms. The summed E-state index contributed by atoms with van der Waals surface area (Å²) in [5.74, 6) is 0.718. The smallest absolute Gasteiger partial charge is 0.306 e. The topological polar surface area (TPSA) is 103 Å². The van der Waals surface area contributed by atoms with Crippen LogP contribution >= 0.6 is 0 Å². The lowest BCUT2D eigenvalue weighted by atomic mass is 10.2. The lowest BCUT2D eigenvalue weighted by molar-refractivity contribution is 0.262. The third-order valence-electron chi connectivity index (χ3n) is 3.57. The molecule has 0 radical (unpaired) electrons. The highest BCUT2D eigenvalue weighted by molar-refractivity contribution is 6.00. The number of tetrazole rings is 1. The fourth-order valence-corrected chi connectivity index (χ4v) is 2.44. The van der Waals surface area contributed by atoms with E-state index in [9.17, 15) is 4.79 Å². The molecule has 9 nitrogen and oxygen atoms in total. The number of aryl methyl sites for hydroxylation is 2. The van der Waals surface area contributed by atoms with Crippen molar-refractivity contribution in [3.8, 4) is 5.69 Å². The van der Waals surface area contributed by atoms with E-state index in [1.165, 1.54) is 0 Å². The number of para-hydroxylation sites is 2. The Morgan fingerprint density at radius 1 is 1.20 bits per heavy atom. The first kappa shape index (κ1) is 16.6. The number of carbonyl (C=O) groups is 1. The van der Waals surface area contributed by atoms with Crippen LogP contribution in [0.4, 0.5) is 16.2 Å². The van der Waals surface area contributed by atoms with Crippen LogP contribution in [0.2, 0.25) is 0 Å². The van der Waals surface area contributed by atoms with Gasteiger partial charge in [-0.25, -0.2) is 4.79 Å². The molecule has 0 aliphatic heterocycles. The number of aromatic nitrogens is 6. The molecule has 3 rings (SSSR count). The minimum atomic E-state index is -0.352. The highest BCUT2D eigenvalue weighted by Crippen LogP contribution is 2.20. The number of carbonyl (C=O) groups excluding carboxylic acids is 1. The number of benzene rings is 1. The molecule has 0 aliphatic rings. The van der Waals surface area contributed by atoms with Gasteiger partial charge >= 0.3 is 6.03 Å². The van der Waals surface area contributed by atoms with E-state index in [-0.39, 0.29) is 6.03 Å². The first-order chi connectivity index (χ1) is 12.2. The molecule has 9 heteroatoms. The van der Waals surface area contributed by atoms with E-state index >= 15 is 0 Å². The van der Waals surface area contributed by atoms with Crippen molar-refractivity contribution in [3.05, 3.63) is 42.5 Å². The Labute approximate surface area is 145 Å². The maximum Gasteiger partial charge on any atom is 0.323 e. The number of hydrogen-bond acceptors (Lipinski definition) is 5. The third-order valence-corrected chi connectivity index (χ3v) is 3.57. The van der Waals surface area contributed by atoms with E-state index in [1.807, 2.05) is 25.1 Å². The van der Waals surface area contributed by atoms with Crippen molar-refractivity contribution >= 4 is 17.4 Å². The average Bonchev–Trinajstić information content (AvgIpc) is 3.25. The molecule has 0 spiro atoms. The molecule has 0 saturated carbocycles. The number of urea groups is 1.